The summed E-state index contributed by atoms with van der Waals surface area (Å²) in [5, 5.41) is 10.2. The molecule has 0 aliphatic rings. The summed E-state index contributed by atoms with van der Waals surface area (Å²) in [7, 11) is 0. The maximum absolute atomic E-state index is 2.42. The van der Waals surface area contributed by atoms with Gasteiger partial charge in [0.1, 0.15) is 0 Å². The van der Waals surface area contributed by atoms with E-state index in [9.17, 15) is 0 Å². The number of benzene rings is 9. The minimum atomic E-state index is 1.22. The Morgan fingerprint density at radius 1 is 0.265 bits per heavy atom. The van der Waals surface area contributed by atoms with Gasteiger partial charge in [-0.1, -0.05) is 140 Å². The molecule has 0 aliphatic heterocycles. The van der Waals surface area contributed by atoms with Gasteiger partial charge in [-0.25, -0.2) is 0 Å². The van der Waals surface area contributed by atoms with Crippen LogP contribution in [-0.4, -0.2) is 0 Å². The highest BCUT2D eigenvalue weighted by atomic mass is 32.1. The largest absolute Gasteiger partial charge is 0.135 e. The summed E-state index contributed by atoms with van der Waals surface area (Å²) >= 11 is 1.88. The summed E-state index contributed by atoms with van der Waals surface area (Å²) in [6.07, 6.45) is 0. The van der Waals surface area contributed by atoms with Crippen LogP contribution in [0.2, 0.25) is 0 Å². The van der Waals surface area contributed by atoms with E-state index in [4.69, 9.17) is 0 Å². The summed E-state index contributed by atoms with van der Waals surface area (Å²) < 4.78 is 2.67. The van der Waals surface area contributed by atoms with Crippen LogP contribution in [0, 0.1) is 0 Å². The monoisotopic (exact) mass is 638 g/mol. The SMILES string of the molecule is c1ccc(-c2cc3ccccc3cc2-c2ccc3c(c2)c(-c2ccccc2)cc2cc(-c4cccc5sc6ccccc6c45)ccc23)cc1. The lowest BCUT2D eigenvalue weighted by Gasteiger charge is -2.16. The minimum Gasteiger partial charge on any atom is -0.135 e. The lowest BCUT2D eigenvalue weighted by Crippen LogP contribution is -1.90. The normalized spacial score (nSPS) is 11.7. The van der Waals surface area contributed by atoms with Crippen molar-refractivity contribution < 1.29 is 0 Å². The molecule has 0 N–H and O–H groups in total. The molecule has 0 saturated heterocycles. The van der Waals surface area contributed by atoms with E-state index in [1.165, 1.54) is 97.0 Å². The van der Waals surface area contributed by atoms with E-state index in [1.54, 1.807) is 0 Å². The van der Waals surface area contributed by atoms with Crippen molar-refractivity contribution in [2.24, 2.45) is 0 Å². The van der Waals surface area contributed by atoms with Gasteiger partial charge in [0, 0.05) is 20.2 Å². The van der Waals surface area contributed by atoms with Gasteiger partial charge in [0.25, 0.3) is 0 Å². The zero-order chi connectivity index (χ0) is 32.3. The molecule has 0 amide bonds. The van der Waals surface area contributed by atoms with Gasteiger partial charge in [0.05, 0.1) is 0 Å². The molecule has 0 aliphatic carbocycles. The minimum absolute atomic E-state index is 1.22. The van der Waals surface area contributed by atoms with Gasteiger partial charge < -0.3 is 0 Å². The Bertz CT molecular complexity index is 2860. The molecule has 1 heteroatoms. The van der Waals surface area contributed by atoms with Crippen LogP contribution >= 0.6 is 11.3 Å². The third kappa shape index (κ3) is 4.66. The predicted octanol–water partition coefficient (Wildman–Crippen LogP) is 14.2. The van der Waals surface area contributed by atoms with Crippen molar-refractivity contribution in [3.63, 3.8) is 0 Å². The van der Waals surface area contributed by atoms with E-state index in [-0.39, 0.29) is 0 Å². The fourth-order valence-corrected chi connectivity index (χ4v) is 8.84. The van der Waals surface area contributed by atoms with Crippen molar-refractivity contribution in [1.29, 1.82) is 0 Å². The van der Waals surface area contributed by atoms with Crippen LogP contribution in [0.3, 0.4) is 0 Å². The molecule has 0 nitrogen and oxygen atoms in total. The first-order chi connectivity index (χ1) is 24.3. The summed E-state index contributed by atoms with van der Waals surface area (Å²) in [6, 6.07) is 67.1. The van der Waals surface area contributed by atoms with Crippen LogP contribution < -0.4 is 0 Å². The van der Waals surface area contributed by atoms with Gasteiger partial charge in [0.15, 0.2) is 0 Å². The van der Waals surface area contributed by atoms with Crippen LogP contribution in [0.25, 0.3) is 97.0 Å². The highest BCUT2D eigenvalue weighted by Crippen LogP contribution is 2.44. The molecule has 0 saturated carbocycles. The first kappa shape index (κ1) is 28.0. The number of fused-ring (bicyclic) bond motifs is 7. The summed E-state index contributed by atoms with van der Waals surface area (Å²) in [6.45, 7) is 0. The van der Waals surface area contributed by atoms with Gasteiger partial charge in [-0.3, -0.25) is 0 Å². The molecule has 0 radical (unpaired) electrons. The van der Waals surface area contributed by atoms with Crippen LogP contribution in [0.5, 0.6) is 0 Å². The number of hydrogen-bond acceptors (Lipinski definition) is 1. The second-order valence-electron chi connectivity index (χ2n) is 12.9. The second kappa shape index (κ2) is 11.3. The van der Waals surface area contributed by atoms with Crippen LogP contribution in [0.1, 0.15) is 0 Å². The first-order valence-electron chi connectivity index (χ1n) is 16.8. The lowest BCUT2D eigenvalue weighted by molar-refractivity contribution is 1.61. The number of thiophene rings is 1. The molecular weight excluding hydrogens is 609 g/mol. The Morgan fingerprint density at radius 2 is 0.837 bits per heavy atom. The molecule has 49 heavy (non-hydrogen) atoms. The standard InChI is InChI=1S/C48H30S/c1-3-12-31(13-4-1)42-27-33-16-7-8-17-34(33)28-44(42)36-23-25-40-38-24-22-35(26-37(38)30-43(45(40)29-36)32-14-5-2-6-15-32)39-19-11-21-47-48(39)41-18-9-10-20-46(41)49-47/h1-30H. The van der Waals surface area contributed by atoms with Crippen LogP contribution in [0.4, 0.5) is 0 Å². The Hall–Kier alpha value is -6.02. The number of hydrogen-bond donors (Lipinski definition) is 0. The molecule has 0 bridgehead atoms. The molecule has 1 heterocycles. The topological polar surface area (TPSA) is 0 Å². The predicted molar refractivity (Wildman–Crippen MR) is 214 cm³/mol. The Balaban J connectivity index is 1.22. The molecule has 0 spiro atoms. The zero-order valence-electron chi connectivity index (χ0n) is 26.7. The third-order valence-electron chi connectivity index (χ3n) is 10.0. The van der Waals surface area contributed by atoms with Crippen molar-refractivity contribution in [2.75, 3.05) is 0 Å². The highest BCUT2D eigenvalue weighted by Gasteiger charge is 2.16. The fraction of sp³-hybridized carbons (Fsp3) is 0. The molecule has 9 aromatic carbocycles. The summed E-state index contributed by atoms with van der Waals surface area (Å²) in [4.78, 5) is 0. The van der Waals surface area contributed by atoms with E-state index in [0.717, 1.165) is 0 Å². The average molecular weight is 639 g/mol. The Labute approximate surface area is 289 Å². The highest BCUT2D eigenvalue weighted by molar-refractivity contribution is 7.25. The number of rotatable bonds is 4. The maximum atomic E-state index is 2.42. The molecule has 228 valence electrons. The Kier molecular flexibility index (Phi) is 6.47. The van der Waals surface area contributed by atoms with E-state index in [2.05, 4.69) is 182 Å². The second-order valence-corrected chi connectivity index (χ2v) is 14.0. The van der Waals surface area contributed by atoms with Gasteiger partial charge in [-0.15, -0.1) is 11.3 Å². The lowest BCUT2D eigenvalue weighted by atomic mass is 9.87. The van der Waals surface area contributed by atoms with Gasteiger partial charge in [-0.05, 0) is 119 Å². The third-order valence-corrected chi connectivity index (χ3v) is 11.2. The average Bonchev–Trinajstić information content (AvgIpc) is 3.56. The quantitative estimate of drug-likeness (QED) is 0.168. The molecule has 0 fully saturated rings. The van der Waals surface area contributed by atoms with Crippen molar-refractivity contribution in [3.05, 3.63) is 182 Å². The fourth-order valence-electron chi connectivity index (χ4n) is 7.71. The zero-order valence-corrected chi connectivity index (χ0v) is 27.5. The molecule has 10 rings (SSSR count). The van der Waals surface area contributed by atoms with Crippen molar-refractivity contribution >= 4 is 63.8 Å². The maximum Gasteiger partial charge on any atom is 0.0361 e. The van der Waals surface area contributed by atoms with E-state index in [1.807, 2.05) is 11.3 Å². The van der Waals surface area contributed by atoms with Gasteiger partial charge in [0.2, 0.25) is 0 Å². The summed E-state index contributed by atoms with van der Waals surface area (Å²) in [5.41, 5.74) is 9.97. The first-order valence-corrected chi connectivity index (χ1v) is 17.7. The van der Waals surface area contributed by atoms with Crippen LogP contribution in [0.15, 0.2) is 182 Å². The molecule has 1 aromatic heterocycles. The molecule has 0 unspecified atom stereocenters. The summed E-state index contributed by atoms with van der Waals surface area (Å²) in [5.74, 6) is 0. The van der Waals surface area contributed by atoms with E-state index in [0.29, 0.717) is 0 Å². The van der Waals surface area contributed by atoms with Gasteiger partial charge >= 0.3 is 0 Å². The smallest absolute Gasteiger partial charge is 0.0361 e. The van der Waals surface area contributed by atoms with E-state index < -0.39 is 0 Å². The van der Waals surface area contributed by atoms with E-state index >= 15 is 0 Å². The Morgan fingerprint density at radius 3 is 1.59 bits per heavy atom. The van der Waals surface area contributed by atoms with Gasteiger partial charge in [-0.2, -0.15) is 0 Å². The van der Waals surface area contributed by atoms with Crippen molar-refractivity contribution in [3.8, 4) is 44.5 Å². The molecule has 10 aromatic rings. The van der Waals surface area contributed by atoms with Crippen LogP contribution in [-0.2, 0) is 0 Å². The molecule has 0 atom stereocenters. The molecular formula is C48H30S. The van der Waals surface area contributed by atoms with Crippen molar-refractivity contribution in [2.45, 2.75) is 0 Å². The van der Waals surface area contributed by atoms with Crippen molar-refractivity contribution in [1.82, 2.24) is 0 Å².